The Balaban J connectivity index is 3.02. The highest BCUT2D eigenvalue weighted by molar-refractivity contribution is 8.37. The Kier molecular flexibility index (Phi) is 4.33. The fourth-order valence-corrected chi connectivity index (χ4v) is 2.92. The maximum Gasteiger partial charge on any atom is 0.221 e. The zero-order valence-electron chi connectivity index (χ0n) is 10.2. The van der Waals surface area contributed by atoms with Gasteiger partial charge in [-0.3, -0.25) is 4.79 Å². The van der Waals surface area contributed by atoms with Crippen LogP contribution in [-0.2, 0) is 4.79 Å². The molecular weight excluding hydrogens is 238 g/mol. The fourth-order valence-electron chi connectivity index (χ4n) is 1.30. The number of benzene rings is 1. The monoisotopic (exact) mass is 257 g/mol. The molecule has 0 fully saturated rings. The van der Waals surface area contributed by atoms with Crippen molar-refractivity contribution < 1.29 is 4.79 Å². The van der Waals surface area contributed by atoms with Gasteiger partial charge in [-0.2, -0.15) is 12.6 Å². The minimum absolute atomic E-state index is 0.0381. The smallest absolute Gasteiger partial charge is 0.221 e. The highest BCUT2D eigenvalue weighted by Gasteiger charge is 2.19. The molecule has 0 saturated carbocycles. The van der Waals surface area contributed by atoms with Crippen LogP contribution in [0.4, 0.5) is 5.69 Å². The van der Waals surface area contributed by atoms with Crippen molar-refractivity contribution in [1.82, 2.24) is 0 Å². The lowest BCUT2D eigenvalue weighted by Crippen LogP contribution is -2.09. The van der Waals surface area contributed by atoms with Gasteiger partial charge in [-0.15, -0.1) is 0 Å². The van der Waals surface area contributed by atoms with Gasteiger partial charge in [0.15, 0.2) is 0 Å². The van der Waals surface area contributed by atoms with Gasteiger partial charge in [-0.05, 0) is 42.5 Å². The highest BCUT2D eigenvalue weighted by Crippen LogP contribution is 2.54. The summed E-state index contributed by atoms with van der Waals surface area (Å²) in [4.78, 5) is 12.3. The third kappa shape index (κ3) is 3.19. The van der Waals surface area contributed by atoms with Crippen molar-refractivity contribution >= 4 is 34.3 Å². The van der Waals surface area contributed by atoms with Gasteiger partial charge >= 0.3 is 0 Å². The van der Waals surface area contributed by atoms with Gasteiger partial charge in [0.1, 0.15) is 0 Å². The first-order chi connectivity index (χ1) is 7.34. The molecule has 4 heteroatoms. The van der Waals surface area contributed by atoms with E-state index >= 15 is 0 Å². The van der Waals surface area contributed by atoms with Crippen LogP contribution < -0.4 is 5.32 Å². The van der Waals surface area contributed by atoms with E-state index in [9.17, 15) is 4.79 Å². The molecule has 1 aromatic carbocycles. The second-order valence-electron chi connectivity index (χ2n) is 4.21. The quantitative estimate of drug-likeness (QED) is 0.799. The number of rotatable bonds is 3. The number of thiol groups is 1. The molecule has 0 aliphatic rings. The molecular formula is C12H19NOS2. The summed E-state index contributed by atoms with van der Waals surface area (Å²) in [6.07, 6.45) is 4.47. The van der Waals surface area contributed by atoms with Crippen LogP contribution in [0.1, 0.15) is 13.8 Å². The summed E-state index contributed by atoms with van der Waals surface area (Å²) >= 11 is 4.54. The molecule has 90 valence electrons. The average Bonchev–Trinajstić information content (AvgIpc) is 2.16. The lowest BCUT2D eigenvalue weighted by atomic mass is 10.3. The van der Waals surface area contributed by atoms with E-state index in [1.807, 2.05) is 18.2 Å². The molecule has 0 aliphatic carbocycles. The zero-order chi connectivity index (χ0) is 12.3. The molecule has 1 aromatic rings. The van der Waals surface area contributed by atoms with E-state index in [2.05, 4.69) is 43.4 Å². The Hall–Kier alpha value is -0.610. The topological polar surface area (TPSA) is 29.1 Å². The van der Waals surface area contributed by atoms with Crippen molar-refractivity contribution in [1.29, 1.82) is 0 Å². The van der Waals surface area contributed by atoms with Crippen LogP contribution in [0.3, 0.4) is 0 Å². The van der Waals surface area contributed by atoms with Gasteiger partial charge in [0.05, 0.1) is 0 Å². The Morgan fingerprint density at radius 1 is 1.44 bits per heavy atom. The van der Waals surface area contributed by atoms with Crippen LogP contribution in [0.15, 0.2) is 29.2 Å². The van der Waals surface area contributed by atoms with Crippen LogP contribution in [0.25, 0.3) is 0 Å². The number of nitrogens with one attached hydrogen (secondary N) is 1. The van der Waals surface area contributed by atoms with E-state index in [4.69, 9.17) is 0 Å². The molecule has 1 atom stereocenters. The summed E-state index contributed by atoms with van der Waals surface area (Å²) in [5, 5.41) is 2.81. The number of anilines is 1. The van der Waals surface area contributed by atoms with Gasteiger partial charge in [0.25, 0.3) is 0 Å². The predicted molar refractivity (Wildman–Crippen MR) is 76.9 cm³/mol. The Labute approximate surface area is 105 Å². The number of hydrogen-bond acceptors (Lipinski definition) is 2. The van der Waals surface area contributed by atoms with Gasteiger partial charge in [-0.25, -0.2) is 10.0 Å². The Morgan fingerprint density at radius 3 is 2.56 bits per heavy atom. The van der Waals surface area contributed by atoms with Crippen LogP contribution >= 0.6 is 22.7 Å². The van der Waals surface area contributed by atoms with Crippen LogP contribution in [0.2, 0.25) is 0 Å². The molecule has 1 amide bonds. The summed E-state index contributed by atoms with van der Waals surface area (Å²) in [5.74, 6) is -0.0381. The van der Waals surface area contributed by atoms with Crippen molar-refractivity contribution in [2.24, 2.45) is 0 Å². The molecule has 0 radical (unpaired) electrons. The van der Waals surface area contributed by atoms with Crippen molar-refractivity contribution in [2.45, 2.75) is 23.3 Å². The maximum atomic E-state index is 11.0. The second-order valence-corrected chi connectivity index (χ2v) is 9.33. The van der Waals surface area contributed by atoms with Crippen molar-refractivity contribution in [3.63, 3.8) is 0 Å². The molecule has 1 unspecified atom stereocenters. The van der Waals surface area contributed by atoms with Gasteiger partial charge in [-0.1, -0.05) is 6.07 Å². The maximum absolute atomic E-state index is 11.0. The first kappa shape index (κ1) is 13.5. The third-order valence-corrected chi connectivity index (χ3v) is 7.37. The number of carbonyl (C=O) groups is 1. The van der Waals surface area contributed by atoms with Crippen molar-refractivity contribution in [3.05, 3.63) is 24.3 Å². The summed E-state index contributed by atoms with van der Waals surface area (Å²) in [7, 11) is -0.922. The number of hydrogen-bond donors (Lipinski definition) is 2. The van der Waals surface area contributed by atoms with E-state index in [1.165, 1.54) is 11.8 Å². The molecule has 0 saturated heterocycles. The van der Waals surface area contributed by atoms with E-state index in [1.54, 1.807) is 0 Å². The van der Waals surface area contributed by atoms with Crippen LogP contribution in [0.5, 0.6) is 0 Å². The fraction of sp³-hybridized carbons (Fsp3) is 0.417. The summed E-state index contributed by atoms with van der Waals surface area (Å²) < 4.78 is 0.333. The van der Waals surface area contributed by atoms with E-state index < -0.39 is 10.0 Å². The Bertz CT molecular complexity index is 388. The first-order valence-electron chi connectivity index (χ1n) is 5.12. The minimum atomic E-state index is -0.922. The van der Waals surface area contributed by atoms with Gasteiger partial charge < -0.3 is 5.32 Å². The molecule has 0 bridgehead atoms. The summed E-state index contributed by atoms with van der Waals surface area (Å²) in [6.45, 7) is 3.63. The van der Waals surface area contributed by atoms with Crippen LogP contribution in [-0.4, -0.2) is 23.0 Å². The average molecular weight is 257 g/mol. The van der Waals surface area contributed by atoms with Gasteiger partial charge in [0.2, 0.25) is 5.91 Å². The first-order valence-corrected chi connectivity index (χ1v) is 8.15. The molecule has 16 heavy (non-hydrogen) atoms. The number of amides is 1. The SMILES string of the molecule is CC(=O)Nc1cccc(S(C)(C)C(C)S)c1. The number of carbonyl (C=O) groups excluding carboxylic acids is 1. The predicted octanol–water partition coefficient (Wildman–Crippen LogP) is 3.34. The molecule has 1 N–H and O–H groups in total. The van der Waals surface area contributed by atoms with Crippen molar-refractivity contribution in [2.75, 3.05) is 17.8 Å². The normalized spacial score (nSPS) is 14.3. The standard InChI is InChI=1S/C12H19NOS2/c1-9(14)13-11-6-5-7-12(8-11)16(3,4)10(2)15/h5-8,10,15H,1-4H3,(H,13,14). The molecule has 0 spiro atoms. The van der Waals surface area contributed by atoms with Gasteiger partial charge in [0, 0.05) is 17.2 Å². The largest absolute Gasteiger partial charge is 0.326 e. The lowest BCUT2D eigenvalue weighted by Gasteiger charge is -2.35. The zero-order valence-corrected chi connectivity index (χ0v) is 11.9. The summed E-state index contributed by atoms with van der Waals surface area (Å²) in [5.41, 5.74) is 0.861. The molecule has 0 aliphatic heterocycles. The Morgan fingerprint density at radius 2 is 2.06 bits per heavy atom. The summed E-state index contributed by atoms with van der Waals surface area (Å²) in [6, 6.07) is 8.03. The molecule has 1 rings (SSSR count). The minimum Gasteiger partial charge on any atom is -0.326 e. The third-order valence-electron chi connectivity index (χ3n) is 2.61. The van der Waals surface area contributed by atoms with E-state index in [0.717, 1.165) is 5.69 Å². The van der Waals surface area contributed by atoms with E-state index in [-0.39, 0.29) is 5.91 Å². The van der Waals surface area contributed by atoms with E-state index in [0.29, 0.717) is 4.58 Å². The van der Waals surface area contributed by atoms with Crippen molar-refractivity contribution in [3.8, 4) is 0 Å². The highest BCUT2D eigenvalue weighted by atomic mass is 32.3. The van der Waals surface area contributed by atoms with Crippen LogP contribution in [0, 0.1) is 0 Å². The second kappa shape index (κ2) is 5.15. The molecule has 0 heterocycles. The molecule has 2 nitrogen and oxygen atoms in total. The lowest BCUT2D eigenvalue weighted by molar-refractivity contribution is -0.114. The molecule has 0 aromatic heterocycles.